The molecule has 1 N–H and O–H groups in total. The standard InChI is InChI=1S/C20H17NO2/c22-19(15-10-9-13-5-1-2-6-14(13)11-15)12-17-16-7-3-4-8-18(16)21-20(17)23/h3-4,7-12H,1-2,5-6H2,(H,21,23)/b17-12-. The monoisotopic (exact) mass is 303 g/mol. The normalized spacial score (nSPS) is 17.6. The Labute approximate surface area is 135 Å². The number of fused-ring (bicyclic) bond motifs is 2. The molecule has 3 heteroatoms. The summed E-state index contributed by atoms with van der Waals surface area (Å²) in [6.45, 7) is 0. The second-order valence-corrected chi connectivity index (χ2v) is 6.11. The van der Waals surface area contributed by atoms with Crippen molar-refractivity contribution in [3.8, 4) is 0 Å². The van der Waals surface area contributed by atoms with E-state index < -0.39 is 0 Å². The molecule has 2 aromatic rings. The van der Waals surface area contributed by atoms with Gasteiger partial charge in [-0.1, -0.05) is 30.3 Å². The Kier molecular flexibility index (Phi) is 3.34. The van der Waals surface area contributed by atoms with Crippen LogP contribution in [0.3, 0.4) is 0 Å². The molecule has 1 amide bonds. The molecular formula is C20H17NO2. The predicted molar refractivity (Wildman–Crippen MR) is 90.5 cm³/mol. The molecule has 1 aliphatic heterocycles. The van der Waals surface area contributed by atoms with Crippen molar-refractivity contribution in [2.24, 2.45) is 0 Å². The van der Waals surface area contributed by atoms with Crippen LogP contribution in [0.2, 0.25) is 0 Å². The highest BCUT2D eigenvalue weighted by Gasteiger charge is 2.24. The molecule has 0 spiro atoms. The van der Waals surface area contributed by atoms with Crippen LogP contribution in [0, 0.1) is 0 Å². The van der Waals surface area contributed by atoms with E-state index in [2.05, 4.69) is 11.4 Å². The number of allylic oxidation sites excluding steroid dienone is 1. The van der Waals surface area contributed by atoms with Crippen molar-refractivity contribution in [1.29, 1.82) is 0 Å². The number of hydrogen-bond acceptors (Lipinski definition) is 2. The van der Waals surface area contributed by atoms with Crippen LogP contribution in [0.15, 0.2) is 48.5 Å². The summed E-state index contributed by atoms with van der Waals surface area (Å²) in [6, 6.07) is 13.4. The largest absolute Gasteiger partial charge is 0.321 e. The van der Waals surface area contributed by atoms with Gasteiger partial charge in [-0.2, -0.15) is 0 Å². The first-order valence-corrected chi connectivity index (χ1v) is 8.01. The van der Waals surface area contributed by atoms with Gasteiger partial charge >= 0.3 is 0 Å². The molecule has 0 bridgehead atoms. The molecule has 114 valence electrons. The Hall–Kier alpha value is -2.68. The number of para-hydroxylation sites is 1. The molecule has 0 atom stereocenters. The first-order valence-electron chi connectivity index (χ1n) is 8.01. The quantitative estimate of drug-likeness (QED) is 0.678. The lowest BCUT2D eigenvalue weighted by Crippen LogP contribution is -2.07. The SMILES string of the molecule is O=C1Nc2ccccc2/C1=C/C(=O)c1ccc2c(c1)CCCC2. The number of anilines is 1. The van der Waals surface area contributed by atoms with Crippen molar-refractivity contribution in [2.45, 2.75) is 25.7 Å². The van der Waals surface area contributed by atoms with Crippen molar-refractivity contribution in [1.82, 2.24) is 0 Å². The summed E-state index contributed by atoms with van der Waals surface area (Å²) in [5, 5.41) is 2.79. The van der Waals surface area contributed by atoms with E-state index in [0.29, 0.717) is 11.1 Å². The van der Waals surface area contributed by atoms with Gasteiger partial charge in [-0.05, 0) is 55.0 Å². The second kappa shape index (κ2) is 5.51. The summed E-state index contributed by atoms with van der Waals surface area (Å²) in [5.74, 6) is -0.322. The molecule has 2 aliphatic rings. The van der Waals surface area contributed by atoms with Crippen molar-refractivity contribution in [2.75, 3.05) is 5.32 Å². The van der Waals surface area contributed by atoms with E-state index in [9.17, 15) is 9.59 Å². The molecule has 0 saturated carbocycles. The zero-order valence-electron chi connectivity index (χ0n) is 12.8. The Bertz CT molecular complexity index is 848. The zero-order valence-corrected chi connectivity index (χ0v) is 12.8. The third-order valence-corrected chi connectivity index (χ3v) is 4.62. The maximum absolute atomic E-state index is 12.6. The van der Waals surface area contributed by atoms with Crippen LogP contribution in [-0.2, 0) is 17.6 Å². The Morgan fingerprint density at radius 3 is 2.65 bits per heavy atom. The lowest BCUT2D eigenvalue weighted by Gasteiger charge is -2.15. The maximum Gasteiger partial charge on any atom is 0.256 e. The molecular weight excluding hydrogens is 286 g/mol. The van der Waals surface area contributed by atoms with Crippen molar-refractivity contribution < 1.29 is 9.59 Å². The van der Waals surface area contributed by atoms with Crippen LogP contribution in [0.5, 0.6) is 0 Å². The molecule has 1 aliphatic carbocycles. The minimum atomic E-state index is -0.211. The fraction of sp³-hybridized carbons (Fsp3) is 0.200. The number of nitrogens with one attached hydrogen (secondary N) is 1. The highest BCUT2D eigenvalue weighted by molar-refractivity contribution is 6.35. The molecule has 23 heavy (non-hydrogen) atoms. The summed E-state index contributed by atoms with van der Waals surface area (Å²) in [5.41, 5.74) is 5.30. The van der Waals surface area contributed by atoms with Gasteiger partial charge in [0.1, 0.15) is 0 Å². The van der Waals surface area contributed by atoms with Crippen molar-refractivity contribution in [3.63, 3.8) is 0 Å². The number of carbonyl (C=O) groups is 2. The molecule has 0 aromatic heterocycles. The number of ketones is 1. The van der Waals surface area contributed by atoms with Crippen LogP contribution in [0.1, 0.15) is 39.9 Å². The van der Waals surface area contributed by atoms with Crippen molar-refractivity contribution >= 4 is 23.0 Å². The van der Waals surface area contributed by atoms with Gasteiger partial charge in [0.05, 0.1) is 5.57 Å². The first kappa shape index (κ1) is 13.9. The smallest absolute Gasteiger partial charge is 0.256 e. The fourth-order valence-corrected chi connectivity index (χ4v) is 3.38. The molecule has 0 radical (unpaired) electrons. The molecule has 2 aromatic carbocycles. The van der Waals surface area contributed by atoms with Gasteiger partial charge in [0.25, 0.3) is 5.91 Å². The van der Waals surface area contributed by atoms with E-state index in [1.165, 1.54) is 30.0 Å². The third kappa shape index (κ3) is 2.48. The van der Waals surface area contributed by atoms with E-state index in [-0.39, 0.29) is 11.7 Å². The molecule has 0 unspecified atom stereocenters. The first-order chi connectivity index (χ1) is 11.2. The lowest BCUT2D eigenvalue weighted by molar-refractivity contribution is -0.110. The average molecular weight is 303 g/mol. The van der Waals surface area contributed by atoms with Crippen LogP contribution < -0.4 is 5.32 Å². The predicted octanol–water partition coefficient (Wildman–Crippen LogP) is 3.78. The Morgan fingerprint density at radius 2 is 1.78 bits per heavy atom. The van der Waals surface area contributed by atoms with Crippen LogP contribution in [0.25, 0.3) is 5.57 Å². The van der Waals surface area contributed by atoms with E-state index in [4.69, 9.17) is 0 Å². The van der Waals surface area contributed by atoms with Gasteiger partial charge in [-0.25, -0.2) is 0 Å². The minimum Gasteiger partial charge on any atom is -0.321 e. The van der Waals surface area contributed by atoms with E-state index >= 15 is 0 Å². The molecule has 1 heterocycles. The number of hydrogen-bond donors (Lipinski definition) is 1. The van der Waals surface area contributed by atoms with Crippen LogP contribution in [0.4, 0.5) is 5.69 Å². The summed E-state index contributed by atoms with van der Waals surface area (Å²) < 4.78 is 0. The number of carbonyl (C=O) groups excluding carboxylic acids is 2. The Morgan fingerprint density at radius 1 is 1.00 bits per heavy atom. The molecule has 0 fully saturated rings. The summed E-state index contributed by atoms with van der Waals surface area (Å²) in [4.78, 5) is 24.7. The summed E-state index contributed by atoms with van der Waals surface area (Å²) >= 11 is 0. The van der Waals surface area contributed by atoms with Gasteiger partial charge < -0.3 is 5.32 Å². The maximum atomic E-state index is 12.6. The van der Waals surface area contributed by atoms with Gasteiger partial charge in [0, 0.05) is 16.8 Å². The van der Waals surface area contributed by atoms with E-state index in [1.54, 1.807) is 0 Å². The Balaban J connectivity index is 1.69. The van der Waals surface area contributed by atoms with Gasteiger partial charge in [-0.15, -0.1) is 0 Å². The summed E-state index contributed by atoms with van der Waals surface area (Å²) in [6.07, 6.45) is 6.01. The topological polar surface area (TPSA) is 46.2 Å². The van der Waals surface area contributed by atoms with Gasteiger partial charge in [0.2, 0.25) is 0 Å². The fourth-order valence-electron chi connectivity index (χ4n) is 3.38. The van der Waals surface area contributed by atoms with Crippen LogP contribution in [-0.4, -0.2) is 11.7 Å². The highest BCUT2D eigenvalue weighted by Crippen LogP contribution is 2.31. The number of amides is 1. The second-order valence-electron chi connectivity index (χ2n) is 6.11. The van der Waals surface area contributed by atoms with Gasteiger partial charge in [-0.3, -0.25) is 9.59 Å². The van der Waals surface area contributed by atoms with Crippen LogP contribution >= 0.6 is 0 Å². The average Bonchev–Trinajstić information content (AvgIpc) is 2.90. The summed E-state index contributed by atoms with van der Waals surface area (Å²) in [7, 11) is 0. The third-order valence-electron chi connectivity index (χ3n) is 4.62. The van der Waals surface area contributed by atoms with E-state index in [1.807, 2.05) is 36.4 Å². The molecule has 3 nitrogen and oxygen atoms in total. The van der Waals surface area contributed by atoms with Gasteiger partial charge in [0.15, 0.2) is 5.78 Å². The van der Waals surface area contributed by atoms with Crippen molar-refractivity contribution in [3.05, 3.63) is 70.8 Å². The van der Waals surface area contributed by atoms with E-state index in [0.717, 1.165) is 24.1 Å². The number of rotatable bonds is 2. The number of aryl methyl sites for hydroxylation is 2. The molecule has 0 saturated heterocycles. The zero-order chi connectivity index (χ0) is 15.8. The lowest BCUT2D eigenvalue weighted by atomic mass is 9.89. The highest BCUT2D eigenvalue weighted by atomic mass is 16.2. The molecule has 4 rings (SSSR count). The minimum absolute atomic E-state index is 0.111. The number of benzene rings is 2.